The van der Waals surface area contributed by atoms with E-state index in [1.165, 1.54) is 6.92 Å². The first-order chi connectivity index (χ1) is 6.21. The van der Waals surface area contributed by atoms with E-state index < -0.39 is 23.8 Å². The molecule has 0 radical (unpaired) electrons. The summed E-state index contributed by atoms with van der Waals surface area (Å²) in [5.41, 5.74) is 0. The van der Waals surface area contributed by atoms with E-state index in [0.717, 1.165) is 0 Å². The zero-order chi connectivity index (χ0) is 11.0. The minimum atomic E-state index is -4.13. The second-order valence-electron chi connectivity index (χ2n) is 4.18. The number of hydrogen-bond donors (Lipinski definition) is 2. The molecule has 1 saturated carbocycles. The second-order valence-corrected chi connectivity index (χ2v) is 4.18. The summed E-state index contributed by atoms with van der Waals surface area (Å²) in [6.45, 7) is 1.23. The maximum Gasteiger partial charge on any atom is 0.391 e. The van der Waals surface area contributed by atoms with E-state index in [9.17, 15) is 23.4 Å². The second kappa shape index (κ2) is 3.70. The van der Waals surface area contributed by atoms with Crippen LogP contribution in [0.1, 0.15) is 32.6 Å². The molecule has 1 aliphatic rings. The van der Waals surface area contributed by atoms with E-state index in [1.54, 1.807) is 0 Å². The van der Waals surface area contributed by atoms with E-state index in [1.807, 2.05) is 0 Å². The fourth-order valence-electron chi connectivity index (χ4n) is 1.97. The van der Waals surface area contributed by atoms with Gasteiger partial charge in [0.05, 0.1) is 5.92 Å². The molecule has 0 heterocycles. The van der Waals surface area contributed by atoms with Crippen LogP contribution in [0.3, 0.4) is 0 Å². The molecule has 0 aliphatic heterocycles. The minimum Gasteiger partial charge on any atom is -0.366 e. The van der Waals surface area contributed by atoms with Crippen LogP contribution in [0.5, 0.6) is 0 Å². The molecular formula is C9H15F3O2. The highest BCUT2D eigenvalue weighted by Gasteiger charge is 2.44. The van der Waals surface area contributed by atoms with Gasteiger partial charge in [-0.3, -0.25) is 0 Å². The summed E-state index contributed by atoms with van der Waals surface area (Å²) in [7, 11) is 0. The first kappa shape index (κ1) is 11.8. The largest absolute Gasteiger partial charge is 0.391 e. The maximum absolute atomic E-state index is 12.2. The fourth-order valence-corrected chi connectivity index (χ4v) is 1.97. The molecule has 2 N–H and O–H groups in total. The van der Waals surface area contributed by atoms with Crippen molar-refractivity contribution in [2.24, 2.45) is 11.8 Å². The topological polar surface area (TPSA) is 40.5 Å². The Morgan fingerprint density at radius 1 is 0.929 bits per heavy atom. The lowest BCUT2D eigenvalue weighted by atomic mass is 9.78. The Bertz CT molecular complexity index is 165. The zero-order valence-corrected chi connectivity index (χ0v) is 8.01. The molecule has 0 saturated heterocycles. The van der Waals surface area contributed by atoms with Crippen LogP contribution in [0.25, 0.3) is 0 Å². The summed E-state index contributed by atoms with van der Waals surface area (Å²) in [4.78, 5) is 0. The SMILES string of the molecule is CC(O)(O)C1CCC(C(F)(F)F)CC1. The van der Waals surface area contributed by atoms with Gasteiger partial charge in [0, 0.05) is 5.92 Å². The number of halogens is 3. The third-order valence-electron chi connectivity index (χ3n) is 2.96. The van der Waals surface area contributed by atoms with E-state index in [2.05, 4.69) is 0 Å². The first-order valence-corrected chi connectivity index (χ1v) is 4.72. The van der Waals surface area contributed by atoms with Gasteiger partial charge in [0.1, 0.15) is 0 Å². The van der Waals surface area contributed by atoms with Gasteiger partial charge in [0.15, 0.2) is 5.79 Å². The van der Waals surface area contributed by atoms with Crippen molar-refractivity contribution in [1.29, 1.82) is 0 Å². The molecule has 14 heavy (non-hydrogen) atoms. The van der Waals surface area contributed by atoms with Gasteiger partial charge in [-0.25, -0.2) is 0 Å². The van der Waals surface area contributed by atoms with Gasteiger partial charge < -0.3 is 10.2 Å². The number of hydrogen-bond acceptors (Lipinski definition) is 2. The molecular weight excluding hydrogens is 197 g/mol. The quantitative estimate of drug-likeness (QED) is 0.653. The highest BCUT2D eigenvalue weighted by molar-refractivity contribution is 4.81. The van der Waals surface area contributed by atoms with Crippen LogP contribution in [0.2, 0.25) is 0 Å². The van der Waals surface area contributed by atoms with Crippen molar-refractivity contribution in [3.8, 4) is 0 Å². The smallest absolute Gasteiger partial charge is 0.366 e. The van der Waals surface area contributed by atoms with Crippen LogP contribution >= 0.6 is 0 Å². The average Bonchev–Trinajstić information content (AvgIpc) is 2.01. The van der Waals surface area contributed by atoms with Crippen LogP contribution in [0.4, 0.5) is 13.2 Å². The molecule has 1 aliphatic carbocycles. The van der Waals surface area contributed by atoms with Gasteiger partial charge in [-0.05, 0) is 32.6 Å². The van der Waals surface area contributed by atoms with E-state index >= 15 is 0 Å². The molecule has 0 aromatic heterocycles. The number of rotatable bonds is 1. The van der Waals surface area contributed by atoms with Gasteiger partial charge >= 0.3 is 6.18 Å². The summed E-state index contributed by atoms with van der Waals surface area (Å²) >= 11 is 0. The van der Waals surface area contributed by atoms with Gasteiger partial charge in [0.25, 0.3) is 0 Å². The first-order valence-electron chi connectivity index (χ1n) is 4.72. The molecule has 0 amide bonds. The van der Waals surface area contributed by atoms with E-state index in [0.29, 0.717) is 0 Å². The molecule has 0 unspecified atom stereocenters. The molecule has 0 bridgehead atoms. The standard InChI is InChI=1S/C9H15F3O2/c1-8(13,14)6-2-4-7(5-3-6)9(10,11)12/h6-7,13-14H,2-5H2,1H3. The highest BCUT2D eigenvalue weighted by Crippen LogP contribution is 2.41. The van der Waals surface area contributed by atoms with Crippen LogP contribution in [-0.2, 0) is 0 Å². The van der Waals surface area contributed by atoms with Gasteiger partial charge in [-0.2, -0.15) is 13.2 Å². The summed E-state index contributed by atoms with van der Waals surface area (Å²) < 4.78 is 36.7. The fraction of sp³-hybridized carbons (Fsp3) is 1.00. The molecule has 0 atom stereocenters. The molecule has 0 aromatic rings. The van der Waals surface area contributed by atoms with Crippen LogP contribution in [0.15, 0.2) is 0 Å². The van der Waals surface area contributed by atoms with Gasteiger partial charge in [-0.1, -0.05) is 0 Å². The normalized spacial score (nSPS) is 30.4. The van der Waals surface area contributed by atoms with Crippen LogP contribution in [0, 0.1) is 11.8 Å². The monoisotopic (exact) mass is 212 g/mol. The lowest BCUT2D eigenvalue weighted by Crippen LogP contribution is -2.39. The summed E-state index contributed by atoms with van der Waals surface area (Å²) in [5.74, 6) is -3.53. The summed E-state index contributed by atoms with van der Waals surface area (Å²) in [6.07, 6.45) is -3.66. The Kier molecular flexibility index (Phi) is 3.11. The Morgan fingerprint density at radius 2 is 1.29 bits per heavy atom. The van der Waals surface area contributed by atoms with Crippen molar-refractivity contribution in [3.63, 3.8) is 0 Å². The van der Waals surface area contributed by atoms with Crippen molar-refractivity contribution in [3.05, 3.63) is 0 Å². The molecule has 0 aromatic carbocycles. The average molecular weight is 212 g/mol. The van der Waals surface area contributed by atoms with Gasteiger partial charge in [-0.15, -0.1) is 0 Å². The predicted octanol–water partition coefficient (Wildman–Crippen LogP) is 2.06. The molecule has 0 spiro atoms. The summed E-state index contributed by atoms with van der Waals surface area (Å²) in [6, 6.07) is 0. The van der Waals surface area contributed by atoms with Crippen LogP contribution < -0.4 is 0 Å². The Morgan fingerprint density at radius 3 is 1.57 bits per heavy atom. The van der Waals surface area contributed by atoms with Crippen molar-refractivity contribution < 1.29 is 23.4 Å². The lowest BCUT2D eigenvalue weighted by molar-refractivity contribution is -0.217. The van der Waals surface area contributed by atoms with Crippen LogP contribution in [-0.4, -0.2) is 22.2 Å². The molecule has 5 heteroatoms. The van der Waals surface area contributed by atoms with E-state index in [-0.39, 0.29) is 25.7 Å². The molecule has 1 rings (SSSR count). The molecule has 1 fully saturated rings. The molecule has 84 valence electrons. The van der Waals surface area contributed by atoms with Crippen molar-refractivity contribution in [2.75, 3.05) is 0 Å². The minimum absolute atomic E-state index is 0.00484. The lowest BCUT2D eigenvalue weighted by Gasteiger charge is -2.35. The van der Waals surface area contributed by atoms with Crippen molar-refractivity contribution in [1.82, 2.24) is 0 Å². The van der Waals surface area contributed by atoms with Gasteiger partial charge in [0.2, 0.25) is 0 Å². The summed E-state index contributed by atoms with van der Waals surface area (Å²) in [5, 5.41) is 18.4. The Balaban J connectivity index is 2.47. The Labute approximate surface area is 80.7 Å². The molecule has 2 nitrogen and oxygen atoms in total. The van der Waals surface area contributed by atoms with E-state index in [4.69, 9.17) is 0 Å². The third-order valence-corrected chi connectivity index (χ3v) is 2.96. The maximum atomic E-state index is 12.2. The highest BCUT2D eigenvalue weighted by atomic mass is 19.4. The third kappa shape index (κ3) is 2.85. The Hall–Kier alpha value is -0.290. The zero-order valence-electron chi connectivity index (χ0n) is 8.01. The number of alkyl halides is 3. The predicted molar refractivity (Wildman–Crippen MR) is 44.3 cm³/mol. The van der Waals surface area contributed by atoms with Crippen molar-refractivity contribution in [2.45, 2.75) is 44.6 Å². The number of aliphatic hydroxyl groups is 2. The van der Waals surface area contributed by atoms with Crippen molar-refractivity contribution >= 4 is 0 Å².